The maximum Gasteiger partial charge on any atom is 0.160 e. The predicted octanol–water partition coefficient (Wildman–Crippen LogP) is 9.96. The Morgan fingerprint density at radius 1 is 0.954 bits per heavy atom. The summed E-state index contributed by atoms with van der Waals surface area (Å²) in [7, 11) is 1.97. The van der Waals surface area contributed by atoms with Gasteiger partial charge in [-0.3, -0.25) is 9.59 Å². The lowest BCUT2D eigenvalue weighted by atomic mass is 9.34. The minimum atomic E-state index is -0.730. The first-order valence-electron chi connectivity index (χ1n) is 25.8. The number of Topliss-reactive ketones (excluding diaryl/α,β-unsaturated/α-hetero) is 2. The van der Waals surface area contributed by atoms with Crippen LogP contribution in [0.25, 0.3) is 11.0 Å². The molecule has 6 fully saturated rings. The molecule has 2 aromatic heterocycles. The number of carbonyl (C=O) groups excluding carboxylic acids is 2. The number of aliphatic hydroxyl groups excluding tert-OH is 2. The van der Waals surface area contributed by atoms with Crippen molar-refractivity contribution in [3.8, 4) is 0 Å². The number of nitrogens with zero attached hydrogens (tertiary/aromatic N) is 1. The number of ether oxygens (including phenoxy) is 2. The number of nitrogens with one attached hydrogen (secondary N) is 2. The zero-order valence-electron chi connectivity index (χ0n) is 40.9. The van der Waals surface area contributed by atoms with E-state index in [9.17, 15) is 19.8 Å². The summed E-state index contributed by atoms with van der Waals surface area (Å²) in [6.07, 6.45) is 15.5. The third-order valence-electron chi connectivity index (χ3n) is 19.9. The molecule has 4 heterocycles. The van der Waals surface area contributed by atoms with Crippen LogP contribution >= 0.6 is 0 Å². The van der Waals surface area contributed by atoms with Crippen LogP contribution in [0.4, 0.5) is 0 Å². The first-order chi connectivity index (χ1) is 30.9. The standard InChI is InChI=1S/C56H79N3O6/c1-33(25-42(60)51-52(2,3)65-51)46-43(61)30-56(7)47(46)40(49(63)50-54(5)18-14-45(62)53(4,20-22-57-8)44(54)13-19-55(50,56)6)32-59-31-39(48-41(59)15-21-58-48)28-34-26-37(35-11-9-10-12-35)29-38(27-34)36-16-23-64-24-17-36/h15,21,26-27,29,31,33,35-36,40,42,44,49-51,57-58,60,63H,9-14,16-20,22-25,28,30,32H2,1-8H3/t33-,40+,42-,44+,49-,50-,51-,53+,54-,55+,56+/m1/s1. The Labute approximate surface area is 388 Å². The third kappa shape index (κ3) is 7.32. The molecule has 2 aliphatic heterocycles. The van der Waals surface area contributed by atoms with Crippen LogP contribution in [0, 0.1) is 45.3 Å². The molecule has 7 aliphatic rings. The van der Waals surface area contributed by atoms with Crippen molar-refractivity contribution in [2.24, 2.45) is 45.3 Å². The molecule has 0 radical (unpaired) electrons. The maximum atomic E-state index is 15.0. The molecule has 10 rings (SSSR count). The highest BCUT2D eigenvalue weighted by molar-refractivity contribution is 6.01. The van der Waals surface area contributed by atoms with Crippen LogP contribution in [0.5, 0.6) is 0 Å². The van der Waals surface area contributed by atoms with E-state index in [1.807, 2.05) is 20.9 Å². The molecular formula is C56H79N3O6. The SMILES string of the molecule is CNCC[C@]1(C)C(=O)CC[C@@]2(C)[C@H]3[C@H](O)[C@@H](Cn4cc(Cc5cc(C6CCCC6)cc(C6CCOCC6)c5)c5[nH]ccc54)C4=C([C@H](C)C[C@@H](O)[C@H]5OC5(C)C)C(=O)C[C@]4(C)[C@@]3(C)CC[C@H]21. The number of epoxide rings is 1. The van der Waals surface area contributed by atoms with Gasteiger partial charge in [0.15, 0.2) is 5.78 Å². The summed E-state index contributed by atoms with van der Waals surface area (Å²) in [6, 6.07) is 9.67. The number of aliphatic hydroxyl groups is 2. The van der Waals surface area contributed by atoms with Crippen molar-refractivity contribution in [2.45, 2.75) is 181 Å². The van der Waals surface area contributed by atoms with Gasteiger partial charge in [0.1, 0.15) is 11.9 Å². The van der Waals surface area contributed by atoms with Gasteiger partial charge in [0.25, 0.3) is 0 Å². The number of aromatic amines is 1. The normalized spacial score (nSPS) is 37.1. The smallest absolute Gasteiger partial charge is 0.160 e. The minimum absolute atomic E-state index is 0.109. The Balaban J connectivity index is 1.06. The van der Waals surface area contributed by atoms with Gasteiger partial charge in [0, 0.05) is 68.2 Å². The Bertz CT molecular complexity index is 2350. The van der Waals surface area contributed by atoms with E-state index in [2.05, 4.69) is 86.1 Å². The zero-order valence-corrected chi connectivity index (χ0v) is 40.9. The maximum absolute atomic E-state index is 15.0. The van der Waals surface area contributed by atoms with Crippen molar-refractivity contribution in [2.75, 3.05) is 26.8 Å². The number of hydrogen-bond donors (Lipinski definition) is 4. The number of aromatic nitrogens is 2. The fraction of sp³-hybridized carbons (Fsp3) is 0.714. The summed E-state index contributed by atoms with van der Waals surface area (Å²) >= 11 is 0. The lowest BCUT2D eigenvalue weighted by Crippen LogP contribution is -2.68. The molecule has 0 amide bonds. The molecule has 4 N–H and O–H groups in total. The summed E-state index contributed by atoms with van der Waals surface area (Å²) in [6.45, 7) is 18.5. The van der Waals surface area contributed by atoms with Crippen molar-refractivity contribution in [1.29, 1.82) is 0 Å². The lowest BCUT2D eigenvalue weighted by Gasteiger charge is -2.70. The average molecular weight is 890 g/mol. The third-order valence-corrected chi connectivity index (χ3v) is 19.9. The van der Waals surface area contributed by atoms with Gasteiger partial charge in [-0.1, -0.05) is 65.7 Å². The number of carbonyl (C=O) groups is 2. The van der Waals surface area contributed by atoms with Crippen LogP contribution < -0.4 is 5.32 Å². The molecule has 65 heavy (non-hydrogen) atoms. The highest BCUT2D eigenvalue weighted by Crippen LogP contribution is 2.75. The first-order valence-corrected chi connectivity index (χ1v) is 25.8. The van der Waals surface area contributed by atoms with Gasteiger partial charge < -0.3 is 34.6 Å². The summed E-state index contributed by atoms with van der Waals surface area (Å²) in [5.74, 6) is 1.20. The first kappa shape index (κ1) is 45.7. The minimum Gasteiger partial charge on any atom is -0.392 e. The van der Waals surface area contributed by atoms with Crippen molar-refractivity contribution in [1.82, 2.24) is 14.9 Å². The van der Waals surface area contributed by atoms with E-state index in [0.717, 1.165) is 86.9 Å². The summed E-state index contributed by atoms with van der Waals surface area (Å²) in [4.78, 5) is 32.7. The highest BCUT2D eigenvalue weighted by atomic mass is 16.6. The summed E-state index contributed by atoms with van der Waals surface area (Å²) < 4.78 is 14.1. The molecule has 9 nitrogen and oxygen atoms in total. The monoisotopic (exact) mass is 890 g/mol. The molecule has 9 heteroatoms. The number of allylic oxidation sites excluding steroid dienone is 1. The van der Waals surface area contributed by atoms with Crippen LogP contribution in [-0.2, 0) is 32.0 Å². The van der Waals surface area contributed by atoms with Gasteiger partial charge in [-0.05, 0) is 165 Å². The second kappa shape index (κ2) is 16.6. The van der Waals surface area contributed by atoms with E-state index in [-0.39, 0.29) is 52.0 Å². The molecular weight excluding hydrogens is 811 g/mol. The van der Waals surface area contributed by atoms with Gasteiger partial charge in [-0.2, -0.15) is 0 Å². The van der Waals surface area contributed by atoms with Crippen LogP contribution in [-0.4, -0.2) is 82.0 Å². The molecule has 2 saturated heterocycles. The molecule has 0 bridgehead atoms. The molecule has 354 valence electrons. The van der Waals surface area contributed by atoms with Crippen molar-refractivity contribution in [3.63, 3.8) is 0 Å². The van der Waals surface area contributed by atoms with Gasteiger partial charge in [0.2, 0.25) is 0 Å². The van der Waals surface area contributed by atoms with Crippen LogP contribution in [0.3, 0.4) is 0 Å². The second-order valence-electron chi connectivity index (χ2n) is 24.0. The van der Waals surface area contributed by atoms with Gasteiger partial charge in [-0.15, -0.1) is 0 Å². The Morgan fingerprint density at radius 2 is 1.65 bits per heavy atom. The largest absolute Gasteiger partial charge is 0.392 e. The molecule has 11 atom stereocenters. The lowest BCUT2D eigenvalue weighted by molar-refractivity contribution is -0.222. The van der Waals surface area contributed by atoms with E-state index in [0.29, 0.717) is 43.4 Å². The fourth-order valence-corrected chi connectivity index (χ4v) is 16.4. The zero-order chi connectivity index (χ0) is 45.8. The molecule has 0 spiro atoms. The van der Waals surface area contributed by atoms with Crippen molar-refractivity contribution >= 4 is 22.6 Å². The number of ketones is 2. The number of benzene rings is 1. The number of rotatable bonds is 13. The second-order valence-corrected chi connectivity index (χ2v) is 24.0. The van der Waals surface area contributed by atoms with E-state index in [1.54, 1.807) is 0 Å². The van der Waals surface area contributed by atoms with E-state index in [4.69, 9.17) is 9.47 Å². The molecule has 1 aromatic carbocycles. The van der Waals surface area contributed by atoms with Crippen LogP contribution in [0.1, 0.15) is 166 Å². The fourth-order valence-electron chi connectivity index (χ4n) is 16.4. The number of H-pyrrole nitrogens is 1. The van der Waals surface area contributed by atoms with Crippen molar-refractivity contribution < 1.29 is 29.3 Å². The van der Waals surface area contributed by atoms with Gasteiger partial charge in [-0.25, -0.2) is 0 Å². The quantitative estimate of drug-likeness (QED) is 0.126. The van der Waals surface area contributed by atoms with E-state index >= 15 is 0 Å². The van der Waals surface area contributed by atoms with E-state index < -0.39 is 23.0 Å². The van der Waals surface area contributed by atoms with Gasteiger partial charge >= 0.3 is 0 Å². The van der Waals surface area contributed by atoms with Crippen LogP contribution in [0.15, 0.2) is 47.8 Å². The Morgan fingerprint density at radius 3 is 2.32 bits per heavy atom. The van der Waals surface area contributed by atoms with Gasteiger partial charge in [0.05, 0.1) is 28.8 Å². The predicted molar refractivity (Wildman–Crippen MR) is 256 cm³/mol. The molecule has 3 aromatic rings. The van der Waals surface area contributed by atoms with Crippen molar-refractivity contribution in [3.05, 3.63) is 70.1 Å². The van der Waals surface area contributed by atoms with E-state index in [1.165, 1.54) is 47.9 Å². The van der Waals surface area contributed by atoms with Crippen LogP contribution in [0.2, 0.25) is 0 Å². The Hall–Kier alpha value is -3.08. The number of fused-ring (bicyclic) bond motifs is 6. The Kier molecular flexibility index (Phi) is 11.6. The number of hydrogen-bond acceptors (Lipinski definition) is 7. The highest BCUT2D eigenvalue weighted by Gasteiger charge is 2.72. The molecule has 5 aliphatic carbocycles. The summed E-state index contributed by atoms with van der Waals surface area (Å²) in [5, 5.41) is 28.5. The topological polar surface area (TPSA) is 129 Å². The summed E-state index contributed by atoms with van der Waals surface area (Å²) in [5.41, 5.74) is 7.80. The average Bonchev–Trinajstić information content (AvgIpc) is 3.85. The molecule has 0 unspecified atom stereocenters. The molecule has 4 saturated carbocycles.